The molecule has 29 heavy (non-hydrogen) atoms. The smallest absolute Gasteiger partial charge is 0.222 e. The Morgan fingerprint density at radius 3 is 2.48 bits per heavy atom. The van der Waals surface area contributed by atoms with Crippen molar-refractivity contribution in [1.82, 2.24) is 5.32 Å². The minimum Gasteiger partial charge on any atom is -0.353 e. The molecule has 0 radical (unpaired) electrons. The molecular weight excluding hydrogens is 358 g/mol. The number of carbonyl (C=O) groups is 2. The number of hydrogen-bond acceptors (Lipinski definition) is 2. The SMILES string of the molecule is CCC1CCC2C3CCC4C(C)[C@@H](NC(=O)C(C)C)CCC45CC35C(=O)CC12C. The van der Waals surface area contributed by atoms with Gasteiger partial charge in [-0.2, -0.15) is 0 Å². The fourth-order valence-corrected chi connectivity index (χ4v) is 9.65. The lowest BCUT2D eigenvalue weighted by Crippen LogP contribution is -2.56. The van der Waals surface area contributed by atoms with Gasteiger partial charge >= 0.3 is 0 Å². The van der Waals surface area contributed by atoms with Crippen LogP contribution in [0.1, 0.15) is 92.4 Å². The van der Waals surface area contributed by atoms with Crippen LogP contribution < -0.4 is 5.32 Å². The molecule has 0 aliphatic heterocycles. The summed E-state index contributed by atoms with van der Waals surface area (Å²) in [5, 5.41) is 3.35. The molecule has 5 aliphatic carbocycles. The first kappa shape index (κ1) is 20.1. The van der Waals surface area contributed by atoms with E-state index in [1.165, 1.54) is 38.5 Å². The van der Waals surface area contributed by atoms with Gasteiger partial charge in [0.25, 0.3) is 0 Å². The Morgan fingerprint density at radius 2 is 1.79 bits per heavy atom. The molecule has 162 valence electrons. The Morgan fingerprint density at radius 1 is 1.10 bits per heavy atom. The number of fused-ring (bicyclic) bond motifs is 2. The van der Waals surface area contributed by atoms with Gasteiger partial charge in [0.2, 0.25) is 5.91 Å². The summed E-state index contributed by atoms with van der Waals surface area (Å²) >= 11 is 0. The summed E-state index contributed by atoms with van der Waals surface area (Å²) in [5.74, 6) is 4.19. The van der Waals surface area contributed by atoms with Crippen LogP contribution in [0.2, 0.25) is 0 Å². The molecule has 3 nitrogen and oxygen atoms in total. The molecular formula is C26H41NO2. The minimum absolute atomic E-state index is 0.0179. The van der Waals surface area contributed by atoms with Crippen molar-refractivity contribution >= 4 is 11.7 Å². The molecule has 1 amide bonds. The van der Waals surface area contributed by atoms with E-state index < -0.39 is 0 Å². The van der Waals surface area contributed by atoms with Gasteiger partial charge in [-0.25, -0.2) is 0 Å². The van der Waals surface area contributed by atoms with Crippen molar-refractivity contribution in [2.45, 2.75) is 98.4 Å². The van der Waals surface area contributed by atoms with E-state index in [-0.39, 0.29) is 28.1 Å². The van der Waals surface area contributed by atoms with Crippen LogP contribution in [0.25, 0.3) is 0 Å². The van der Waals surface area contributed by atoms with Crippen molar-refractivity contribution in [1.29, 1.82) is 0 Å². The Kier molecular flexibility index (Phi) is 4.38. The predicted octanol–water partition coefficient (Wildman–Crippen LogP) is 5.38. The largest absolute Gasteiger partial charge is 0.353 e. The molecule has 9 atom stereocenters. The number of ketones is 1. The number of carbonyl (C=O) groups excluding carboxylic acids is 2. The first-order valence-corrected chi connectivity index (χ1v) is 12.5. The second kappa shape index (κ2) is 6.33. The second-order valence-corrected chi connectivity index (χ2v) is 12.2. The van der Waals surface area contributed by atoms with Crippen LogP contribution >= 0.6 is 0 Å². The van der Waals surface area contributed by atoms with Gasteiger partial charge in [-0.05, 0) is 85.4 Å². The molecule has 0 heterocycles. The maximum Gasteiger partial charge on any atom is 0.222 e. The first-order chi connectivity index (χ1) is 13.7. The van der Waals surface area contributed by atoms with Gasteiger partial charge in [0.15, 0.2) is 0 Å². The van der Waals surface area contributed by atoms with E-state index in [1.807, 2.05) is 13.8 Å². The highest BCUT2D eigenvalue weighted by molar-refractivity contribution is 5.91. The molecule has 1 N–H and O–H groups in total. The zero-order valence-electron chi connectivity index (χ0n) is 19.2. The van der Waals surface area contributed by atoms with Crippen LogP contribution in [0.3, 0.4) is 0 Å². The van der Waals surface area contributed by atoms with Gasteiger partial charge in [0.1, 0.15) is 5.78 Å². The summed E-state index contributed by atoms with van der Waals surface area (Å²) in [7, 11) is 0. The van der Waals surface area contributed by atoms with Gasteiger partial charge in [-0.15, -0.1) is 0 Å². The number of rotatable bonds is 3. The fourth-order valence-electron chi connectivity index (χ4n) is 9.65. The zero-order chi connectivity index (χ0) is 20.8. The third-order valence-electron chi connectivity index (χ3n) is 11.1. The molecule has 3 heteroatoms. The number of amides is 1. The topological polar surface area (TPSA) is 46.2 Å². The van der Waals surface area contributed by atoms with E-state index in [9.17, 15) is 9.59 Å². The summed E-state index contributed by atoms with van der Waals surface area (Å²) < 4.78 is 0. The lowest BCUT2D eigenvalue weighted by atomic mass is 9.48. The lowest BCUT2D eigenvalue weighted by molar-refractivity contribution is -0.150. The van der Waals surface area contributed by atoms with Gasteiger partial charge in [-0.1, -0.05) is 41.0 Å². The molecule has 0 saturated heterocycles. The third kappa shape index (κ3) is 2.37. The maximum atomic E-state index is 13.8. The van der Waals surface area contributed by atoms with E-state index in [0.717, 1.165) is 31.1 Å². The van der Waals surface area contributed by atoms with Crippen molar-refractivity contribution < 1.29 is 9.59 Å². The van der Waals surface area contributed by atoms with Crippen LogP contribution in [-0.2, 0) is 9.59 Å². The third-order valence-corrected chi connectivity index (χ3v) is 11.1. The summed E-state index contributed by atoms with van der Waals surface area (Å²) in [6.45, 7) is 11.1. The maximum absolute atomic E-state index is 13.8. The lowest BCUT2D eigenvalue weighted by Gasteiger charge is -2.56. The van der Waals surface area contributed by atoms with E-state index in [1.54, 1.807) is 0 Å². The Hall–Kier alpha value is -0.860. The van der Waals surface area contributed by atoms with Crippen molar-refractivity contribution in [3.8, 4) is 0 Å². The second-order valence-electron chi connectivity index (χ2n) is 12.2. The number of nitrogens with one attached hydrogen (secondary N) is 1. The average molecular weight is 400 g/mol. The molecule has 8 unspecified atom stereocenters. The van der Waals surface area contributed by atoms with Crippen LogP contribution in [0.15, 0.2) is 0 Å². The van der Waals surface area contributed by atoms with Crippen LogP contribution in [0, 0.1) is 51.8 Å². The molecule has 5 aliphatic rings. The van der Waals surface area contributed by atoms with Crippen LogP contribution in [0.4, 0.5) is 0 Å². The van der Waals surface area contributed by atoms with Crippen molar-refractivity contribution in [2.24, 2.45) is 51.8 Å². The zero-order valence-corrected chi connectivity index (χ0v) is 19.2. The Labute approximate surface area is 177 Å². The van der Waals surface area contributed by atoms with E-state index in [4.69, 9.17) is 0 Å². The minimum atomic E-state index is 0.0179. The van der Waals surface area contributed by atoms with Crippen molar-refractivity contribution in [2.75, 3.05) is 0 Å². The average Bonchev–Trinajstić information content (AvgIpc) is 3.26. The number of Topliss-reactive ketones (excluding diaryl/α,β-unsaturated/α-hetero) is 1. The molecule has 5 saturated carbocycles. The summed E-state index contributed by atoms with van der Waals surface area (Å²) in [6, 6.07) is 0.301. The highest BCUT2D eigenvalue weighted by Gasteiger charge is 2.82. The van der Waals surface area contributed by atoms with Crippen molar-refractivity contribution in [3.63, 3.8) is 0 Å². The van der Waals surface area contributed by atoms with E-state index in [2.05, 4.69) is 26.1 Å². The Balaban J connectivity index is 1.41. The highest BCUT2D eigenvalue weighted by Crippen LogP contribution is 2.84. The van der Waals surface area contributed by atoms with Gasteiger partial charge in [0.05, 0.1) is 0 Å². The molecule has 0 aromatic heterocycles. The fraction of sp³-hybridized carbons (Fsp3) is 0.923. The van der Waals surface area contributed by atoms with Gasteiger partial charge in [-0.3, -0.25) is 9.59 Å². The molecule has 2 spiro atoms. The van der Waals surface area contributed by atoms with Gasteiger partial charge < -0.3 is 5.32 Å². The van der Waals surface area contributed by atoms with Crippen LogP contribution in [0.5, 0.6) is 0 Å². The monoisotopic (exact) mass is 399 g/mol. The van der Waals surface area contributed by atoms with Crippen LogP contribution in [-0.4, -0.2) is 17.7 Å². The molecule has 0 aromatic carbocycles. The van der Waals surface area contributed by atoms with Gasteiger partial charge in [0, 0.05) is 23.8 Å². The molecule has 0 bridgehead atoms. The van der Waals surface area contributed by atoms with E-state index >= 15 is 0 Å². The highest BCUT2D eigenvalue weighted by atomic mass is 16.2. The van der Waals surface area contributed by atoms with Crippen molar-refractivity contribution in [3.05, 3.63) is 0 Å². The number of hydrogen-bond donors (Lipinski definition) is 1. The molecule has 5 rings (SSSR count). The molecule has 5 fully saturated rings. The normalized spacial score (nSPS) is 53.0. The Bertz CT molecular complexity index is 730. The summed E-state index contributed by atoms with van der Waals surface area (Å²) in [5.41, 5.74) is 0.563. The molecule has 0 aromatic rings. The van der Waals surface area contributed by atoms with E-state index in [0.29, 0.717) is 29.6 Å². The summed E-state index contributed by atoms with van der Waals surface area (Å²) in [6.07, 6.45) is 10.7. The first-order valence-electron chi connectivity index (χ1n) is 12.5. The predicted molar refractivity (Wildman–Crippen MR) is 115 cm³/mol. The standard InChI is InChI=1S/C26H41NO2/c1-6-17-7-8-19-20-10-9-18-16(4)21(27-23(29)15(2)3)11-12-25(18)14-26(20,25)22(28)13-24(17,19)5/h15-21H,6-14H2,1-5H3,(H,27,29)/t16?,17?,18?,19?,20?,21-,24?,25?,26?/m0/s1. The summed E-state index contributed by atoms with van der Waals surface area (Å²) in [4.78, 5) is 26.2. The quantitative estimate of drug-likeness (QED) is 0.693.